The van der Waals surface area contributed by atoms with Crippen molar-refractivity contribution in [2.24, 2.45) is 0 Å². The van der Waals surface area contributed by atoms with E-state index in [0.717, 1.165) is 18.4 Å². The van der Waals surface area contributed by atoms with Gasteiger partial charge in [-0.3, -0.25) is 9.32 Å². The molecule has 1 heterocycles. The average molecular weight is 336 g/mol. The normalized spacial score (nSPS) is 18.8. The van der Waals surface area contributed by atoms with Gasteiger partial charge >= 0.3 is 14.6 Å². The van der Waals surface area contributed by atoms with E-state index in [4.69, 9.17) is 13.6 Å². The van der Waals surface area contributed by atoms with Gasteiger partial charge in [0.15, 0.2) is 0 Å². The Bertz CT molecular complexity index is 515. The van der Waals surface area contributed by atoms with Crippen LogP contribution in [0.15, 0.2) is 30.3 Å². The van der Waals surface area contributed by atoms with Crippen molar-refractivity contribution in [3.05, 3.63) is 35.9 Å². The summed E-state index contributed by atoms with van der Waals surface area (Å²) in [6, 6.07) is 7.64. The van der Waals surface area contributed by atoms with Gasteiger partial charge in [0.05, 0.1) is 13.0 Å². The maximum Gasteiger partial charge on any atom is 0.465 e. The summed E-state index contributed by atoms with van der Waals surface area (Å²) in [6.07, 6.45) is 11.0. The van der Waals surface area contributed by atoms with Crippen LogP contribution in [0, 0.1) is 0 Å². The zero-order valence-electron chi connectivity index (χ0n) is 13.7. The van der Waals surface area contributed by atoms with Gasteiger partial charge in [-0.15, -0.1) is 0 Å². The highest BCUT2D eigenvalue weighted by Crippen LogP contribution is 2.43. The predicted molar refractivity (Wildman–Crippen MR) is 93.1 cm³/mol. The quantitative estimate of drug-likeness (QED) is 0.456. The minimum Gasteiger partial charge on any atom is -0.417 e. The molecule has 0 aromatic heterocycles. The Balaban J connectivity index is 1.82. The van der Waals surface area contributed by atoms with E-state index in [0.29, 0.717) is 12.4 Å². The topological polar surface area (TPSA) is 44.8 Å². The van der Waals surface area contributed by atoms with Crippen LogP contribution in [-0.4, -0.2) is 12.6 Å². The van der Waals surface area contributed by atoms with E-state index in [1.54, 1.807) is 6.08 Å². The van der Waals surface area contributed by atoms with Gasteiger partial charge in [-0.05, 0) is 12.5 Å². The number of benzene rings is 1. The summed E-state index contributed by atoms with van der Waals surface area (Å²) in [5.74, 6) is 0.371. The van der Waals surface area contributed by atoms with E-state index >= 15 is 0 Å². The molecule has 0 bridgehead atoms. The Morgan fingerprint density at radius 2 is 1.87 bits per heavy atom. The van der Waals surface area contributed by atoms with Gasteiger partial charge in [-0.2, -0.15) is 0 Å². The number of hydrogen-bond acceptors (Lipinski definition) is 4. The van der Waals surface area contributed by atoms with Crippen molar-refractivity contribution in [2.75, 3.05) is 6.61 Å². The maximum atomic E-state index is 11.7. The number of hydrogen-bond donors (Lipinski definition) is 0. The van der Waals surface area contributed by atoms with Crippen LogP contribution in [0.4, 0.5) is 0 Å². The Morgan fingerprint density at radius 1 is 1.09 bits per heavy atom. The molecule has 1 aliphatic rings. The highest BCUT2D eigenvalue weighted by Gasteiger charge is 2.22. The fraction of sp³-hybridized carbons (Fsp3) is 0.500. The summed E-state index contributed by atoms with van der Waals surface area (Å²) in [5.41, 5.74) is 0.932. The summed E-state index contributed by atoms with van der Waals surface area (Å²) in [7, 11) is -1.68. The van der Waals surface area contributed by atoms with Crippen LogP contribution in [0.1, 0.15) is 57.4 Å². The molecule has 0 radical (unpaired) electrons. The Hall–Kier alpha value is -1.38. The van der Waals surface area contributed by atoms with Crippen LogP contribution < -0.4 is 4.52 Å². The summed E-state index contributed by atoms with van der Waals surface area (Å²) in [5, 5.41) is 0. The number of rotatable bonds is 8. The third-order valence-electron chi connectivity index (χ3n) is 3.54. The molecule has 1 unspecified atom stereocenters. The molecule has 1 aromatic rings. The first-order chi connectivity index (χ1) is 11.3. The minimum absolute atomic E-state index is 0.233. The SMILES string of the molecule is CCCCCCCCOP1OC(=O)C/C=C\c2ccccc2O1. The van der Waals surface area contributed by atoms with Crippen LogP contribution in [0.5, 0.6) is 5.75 Å². The number of unbranched alkanes of at least 4 members (excludes halogenated alkanes) is 5. The molecule has 0 amide bonds. The molecule has 0 fully saturated rings. The molecule has 4 nitrogen and oxygen atoms in total. The smallest absolute Gasteiger partial charge is 0.417 e. The van der Waals surface area contributed by atoms with Gasteiger partial charge in [0, 0.05) is 5.56 Å². The van der Waals surface area contributed by atoms with E-state index in [1.807, 2.05) is 30.3 Å². The van der Waals surface area contributed by atoms with Gasteiger partial charge in [0.25, 0.3) is 0 Å². The molecule has 0 saturated heterocycles. The number of carbonyl (C=O) groups excluding carboxylic acids is 1. The highest BCUT2D eigenvalue weighted by molar-refractivity contribution is 7.42. The second-order valence-corrected chi connectivity index (χ2v) is 6.59. The second kappa shape index (κ2) is 10.4. The van der Waals surface area contributed by atoms with Crippen molar-refractivity contribution in [1.29, 1.82) is 0 Å². The van der Waals surface area contributed by atoms with Crippen molar-refractivity contribution in [3.63, 3.8) is 0 Å². The van der Waals surface area contributed by atoms with Gasteiger partial charge in [0.2, 0.25) is 0 Å². The molecule has 5 heteroatoms. The van der Waals surface area contributed by atoms with Gasteiger partial charge in [-0.1, -0.05) is 69.4 Å². The van der Waals surface area contributed by atoms with Gasteiger partial charge < -0.3 is 9.05 Å². The first-order valence-electron chi connectivity index (χ1n) is 8.37. The fourth-order valence-corrected chi connectivity index (χ4v) is 3.27. The number of fused-ring (bicyclic) bond motifs is 1. The van der Waals surface area contributed by atoms with Crippen molar-refractivity contribution < 1.29 is 18.4 Å². The van der Waals surface area contributed by atoms with Crippen molar-refractivity contribution in [1.82, 2.24) is 0 Å². The van der Waals surface area contributed by atoms with E-state index < -0.39 is 8.60 Å². The van der Waals surface area contributed by atoms with E-state index in [1.165, 1.54) is 25.7 Å². The van der Waals surface area contributed by atoms with Gasteiger partial charge in [-0.25, -0.2) is 0 Å². The molecule has 0 spiro atoms. The Labute approximate surface area is 139 Å². The van der Waals surface area contributed by atoms with E-state index in [-0.39, 0.29) is 12.4 Å². The lowest BCUT2D eigenvalue weighted by Crippen LogP contribution is -2.05. The maximum absolute atomic E-state index is 11.7. The molecule has 23 heavy (non-hydrogen) atoms. The van der Waals surface area contributed by atoms with Crippen LogP contribution >= 0.6 is 8.60 Å². The molecular formula is C18H25O4P. The molecule has 0 saturated carbocycles. The molecular weight excluding hydrogens is 311 g/mol. The predicted octanol–water partition coefficient (Wildman–Crippen LogP) is 5.63. The minimum atomic E-state index is -1.68. The summed E-state index contributed by atoms with van der Waals surface area (Å²) in [4.78, 5) is 11.7. The summed E-state index contributed by atoms with van der Waals surface area (Å²) < 4.78 is 16.8. The molecule has 2 rings (SSSR count). The fourth-order valence-electron chi connectivity index (χ4n) is 2.28. The molecule has 1 aliphatic heterocycles. The van der Waals surface area contributed by atoms with E-state index in [2.05, 4.69) is 6.92 Å². The van der Waals surface area contributed by atoms with Crippen LogP contribution in [0.2, 0.25) is 0 Å². The second-order valence-electron chi connectivity index (χ2n) is 5.52. The first-order valence-corrected chi connectivity index (χ1v) is 9.46. The molecule has 1 aromatic carbocycles. The Morgan fingerprint density at radius 3 is 2.74 bits per heavy atom. The zero-order chi connectivity index (χ0) is 16.3. The number of para-hydroxylation sites is 1. The molecule has 126 valence electrons. The lowest BCUT2D eigenvalue weighted by molar-refractivity contribution is -0.134. The third kappa shape index (κ3) is 6.72. The monoisotopic (exact) mass is 336 g/mol. The largest absolute Gasteiger partial charge is 0.465 e. The lowest BCUT2D eigenvalue weighted by atomic mass is 10.1. The van der Waals surface area contributed by atoms with Crippen molar-refractivity contribution in [3.8, 4) is 5.75 Å². The van der Waals surface area contributed by atoms with Crippen molar-refractivity contribution >= 4 is 20.6 Å². The number of carbonyl (C=O) groups is 1. The molecule has 0 aliphatic carbocycles. The van der Waals surface area contributed by atoms with Crippen LogP contribution in [-0.2, 0) is 13.8 Å². The highest BCUT2D eigenvalue weighted by atomic mass is 31.2. The van der Waals surface area contributed by atoms with Crippen LogP contribution in [0.3, 0.4) is 0 Å². The van der Waals surface area contributed by atoms with Crippen LogP contribution in [0.25, 0.3) is 6.08 Å². The lowest BCUT2D eigenvalue weighted by Gasteiger charge is -2.16. The molecule has 1 atom stereocenters. The zero-order valence-corrected chi connectivity index (χ0v) is 14.6. The molecule has 0 N–H and O–H groups in total. The standard InChI is InChI=1S/C18H25O4P/c1-2-3-4-5-6-9-15-20-23-21-17-13-8-7-11-16(17)12-10-14-18(19)22-23/h7-8,10-13H,2-6,9,14-15H2,1H3/b12-10-. The third-order valence-corrected chi connectivity index (χ3v) is 4.64. The van der Waals surface area contributed by atoms with Gasteiger partial charge in [0.1, 0.15) is 5.75 Å². The van der Waals surface area contributed by atoms with Crippen molar-refractivity contribution in [2.45, 2.75) is 51.9 Å². The van der Waals surface area contributed by atoms with E-state index in [9.17, 15) is 4.79 Å². The summed E-state index contributed by atoms with van der Waals surface area (Å²) >= 11 is 0. The Kier molecular flexibility index (Phi) is 8.13. The average Bonchev–Trinajstić information content (AvgIpc) is 2.62. The first kappa shape index (κ1) is 18.0. The summed E-state index contributed by atoms with van der Waals surface area (Å²) in [6.45, 7) is 2.77.